The van der Waals surface area contributed by atoms with Crippen LogP contribution < -0.4 is 0 Å². The first-order valence-corrected chi connectivity index (χ1v) is 7.29. The number of aryl methyl sites for hydroxylation is 1. The SMILES string of the molecule is Cn1c(-c2cc(Cl)ccc2Br)nc2cc(C(=O)O)ccc21. The van der Waals surface area contributed by atoms with Gasteiger partial charge in [-0.2, -0.15) is 0 Å². The summed E-state index contributed by atoms with van der Waals surface area (Å²) in [4.78, 5) is 15.6. The molecule has 1 heterocycles. The largest absolute Gasteiger partial charge is 0.478 e. The number of carboxylic acids is 1. The number of aromatic nitrogens is 2. The summed E-state index contributed by atoms with van der Waals surface area (Å²) in [5.41, 5.74) is 2.58. The molecule has 1 N–H and O–H groups in total. The number of hydrogen-bond acceptors (Lipinski definition) is 2. The van der Waals surface area contributed by atoms with Gasteiger partial charge in [-0.25, -0.2) is 9.78 Å². The predicted octanol–water partition coefficient (Wildman–Crippen LogP) is 4.35. The number of hydrogen-bond donors (Lipinski definition) is 1. The molecular weight excluding hydrogens is 356 g/mol. The van der Waals surface area contributed by atoms with Gasteiger partial charge in [-0.3, -0.25) is 0 Å². The fourth-order valence-electron chi connectivity index (χ4n) is 2.24. The van der Waals surface area contributed by atoms with Crippen molar-refractivity contribution in [2.75, 3.05) is 0 Å². The van der Waals surface area contributed by atoms with E-state index >= 15 is 0 Å². The molecule has 0 saturated heterocycles. The molecule has 0 saturated carbocycles. The highest BCUT2D eigenvalue weighted by atomic mass is 79.9. The van der Waals surface area contributed by atoms with E-state index in [9.17, 15) is 4.79 Å². The molecular formula is C15H10BrClN2O2. The Morgan fingerprint density at radius 3 is 2.76 bits per heavy atom. The van der Waals surface area contributed by atoms with E-state index in [1.807, 2.05) is 23.7 Å². The fourth-order valence-corrected chi connectivity index (χ4v) is 2.84. The molecule has 0 aliphatic heterocycles. The van der Waals surface area contributed by atoms with Crippen molar-refractivity contribution in [2.45, 2.75) is 0 Å². The third-order valence-electron chi connectivity index (χ3n) is 3.30. The first kappa shape index (κ1) is 14.1. The summed E-state index contributed by atoms with van der Waals surface area (Å²) in [6.07, 6.45) is 0. The van der Waals surface area contributed by atoms with Gasteiger partial charge in [0.2, 0.25) is 0 Å². The quantitative estimate of drug-likeness (QED) is 0.734. The van der Waals surface area contributed by atoms with Crippen molar-refractivity contribution < 1.29 is 9.90 Å². The van der Waals surface area contributed by atoms with Crippen LogP contribution in [0.3, 0.4) is 0 Å². The molecule has 0 aliphatic rings. The summed E-state index contributed by atoms with van der Waals surface area (Å²) in [5.74, 6) is -0.241. The van der Waals surface area contributed by atoms with E-state index < -0.39 is 5.97 Å². The maximum absolute atomic E-state index is 11.0. The highest BCUT2D eigenvalue weighted by Gasteiger charge is 2.14. The van der Waals surface area contributed by atoms with Crippen LogP contribution in [0.4, 0.5) is 0 Å². The average Bonchev–Trinajstić information content (AvgIpc) is 2.78. The Morgan fingerprint density at radius 1 is 1.29 bits per heavy atom. The van der Waals surface area contributed by atoms with E-state index in [1.54, 1.807) is 24.3 Å². The van der Waals surface area contributed by atoms with E-state index in [4.69, 9.17) is 16.7 Å². The van der Waals surface area contributed by atoms with Gasteiger partial charge >= 0.3 is 5.97 Å². The van der Waals surface area contributed by atoms with Gasteiger partial charge in [0.05, 0.1) is 16.6 Å². The van der Waals surface area contributed by atoms with Gasteiger partial charge in [0, 0.05) is 22.1 Å². The van der Waals surface area contributed by atoms with Crippen LogP contribution in [0.5, 0.6) is 0 Å². The predicted molar refractivity (Wildman–Crippen MR) is 85.8 cm³/mol. The van der Waals surface area contributed by atoms with E-state index in [0.29, 0.717) is 10.5 Å². The number of fused-ring (bicyclic) bond motifs is 1. The van der Waals surface area contributed by atoms with E-state index in [2.05, 4.69) is 20.9 Å². The molecule has 0 unspecified atom stereocenters. The monoisotopic (exact) mass is 364 g/mol. The van der Waals surface area contributed by atoms with Crippen molar-refractivity contribution in [1.29, 1.82) is 0 Å². The molecule has 21 heavy (non-hydrogen) atoms. The lowest BCUT2D eigenvalue weighted by Gasteiger charge is -2.05. The first-order valence-electron chi connectivity index (χ1n) is 6.12. The number of benzene rings is 2. The van der Waals surface area contributed by atoms with Gasteiger partial charge < -0.3 is 9.67 Å². The normalized spacial score (nSPS) is 11.0. The molecule has 0 amide bonds. The molecule has 6 heteroatoms. The minimum absolute atomic E-state index is 0.220. The van der Waals surface area contributed by atoms with Crippen molar-refractivity contribution in [1.82, 2.24) is 9.55 Å². The number of imidazole rings is 1. The number of rotatable bonds is 2. The van der Waals surface area contributed by atoms with Crippen molar-refractivity contribution in [3.8, 4) is 11.4 Å². The highest BCUT2D eigenvalue weighted by Crippen LogP contribution is 2.32. The molecule has 0 atom stereocenters. The lowest BCUT2D eigenvalue weighted by atomic mass is 10.2. The van der Waals surface area contributed by atoms with Crippen LogP contribution >= 0.6 is 27.5 Å². The van der Waals surface area contributed by atoms with Gasteiger partial charge in [0.1, 0.15) is 5.82 Å². The van der Waals surface area contributed by atoms with Crippen LogP contribution in [-0.4, -0.2) is 20.6 Å². The standard InChI is InChI=1S/C15H10BrClN2O2/c1-19-13-5-2-8(15(20)21)6-12(13)18-14(19)10-7-9(17)3-4-11(10)16/h2-7H,1H3,(H,20,21). The molecule has 0 aliphatic carbocycles. The van der Waals surface area contributed by atoms with Crippen LogP contribution in [-0.2, 0) is 7.05 Å². The zero-order chi connectivity index (χ0) is 15.1. The summed E-state index contributed by atoms with van der Waals surface area (Å²) in [5, 5.41) is 9.68. The van der Waals surface area contributed by atoms with E-state index in [1.165, 1.54) is 0 Å². The molecule has 0 fully saturated rings. The molecule has 4 nitrogen and oxygen atoms in total. The smallest absolute Gasteiger partial charge is 0.335 e. The van der Waals surface area contributed by atoms with Crippen LogP contribution in [0, 0.1) is 0 Å². The highest BCUT2D eigenvalue weighted by molar-refractivity contribution is 9.10. The number of carboxylic acid groups (broad SMARTS) is 1. The van der Waals surface area contributed by atoms with Gasteiger partial charge in [0.25, 0.3) is 0 Å². The van der Waals surface area contributed by atoms with Crippen molar-refractivity contribution in [3.63, 3.8) is 0 Å². The first-order chi connectivity index (χ1) is 9.97. The number of carbonyl (C=O) groups is 1. The maximum Gasteiger partial charge on any atom is 0.335 e. The minimum atomic E-state index is -0.965. The third-order valence-corrected chi connectivity index (χ3v) is 4.22. The number of nitrogens with zero attached hydrogens (tertiary/aromatic N) is 2. The molecule has 1 aromatic heterocycles. The summed E-state index contributed by atoms with van der Waals surface area (Å²) >= 11 is 9.54. The van der Waals surface area contributed by atoms with Gasteiger partial charge in [0.15, 0.2) is 0 Å². The molecule has 0 bridgehead atoms. The molecule has 0 spiro atoms. The van der Waals surface area contributed by atoms with Crippen LogP contribution in [0.25, 0.3) is 22.4 Å². The van der Waals surface area contributed by atoms with Gasteiger partial charge in [-0.1, -0.05) is 27.5 Å². The van der Waals surface area contributed by atoms with Crippen LogP contribution in [0.15, 0.2) is 40.9 Å². The van der Waals surface area contributed by atoms with E-state index in [-0.39, 0.29) is 5.56 Å². The summed E-state index contributed by atoms with van der Waals surface area (Å²) in [7, 11) is 1.89. The maximum atomic E-state index is 11.0. The second kappa shape index (κ2) is 5.16. The number of aromatic carboxylic acids is 1. The van der Waals surface area contributed by atoms with Crippen molar-refractivity contribution in [3.05, 3.63) is 51.5 Å². The summed E-state index contributed by atoms with van der Waals surface area (Å²) < 4.78 is 2.79. The topological polar surface area (TPSA) is 55.1 Å². The lowest BCUT2D eigenvalue weighted by Crippen LogP contribution is -1.96. The van der Waals surface area contributed by atoms with Crippen molar-refractivity contribution >= 4 is 44.5 Å². The Labute approximate surface area is 134 Å². The molecule has 3 aromatic rings. The lowest BCUT2D eigenvalue weighted by molar-refractivity contribution is 0.0697. The second-order valence-corrected chi connectivity index (χ2v) is 5.92. The molecule has 2 aromatic carbocycles. The second-order valence-electron chi connectivity index (χ2n) is 4.63. The van der Waals surface area contributed by atoms with Gasteiger partial charge in [-0.05, 0) is 36.4 Å². The number of halogens is 2. The Balaban J connectivity index is 2.26. The fraction of sp³-hybridized carbons (Fsp3) is 0.0667. The summed E-state index contributed by atoms with van der Waals surface area (Å²) in [6, 6.07) is 10.4. The zero-order valence-corrected chi connectivity index (χ0v) is 13.3. The molecule has 3 rings (SSSR count). The van der Waals surface area contributed by atoms with Gasteiger partial charge in [-0.15, -0.1) is 0 Å². The molecule has 106 valence electrons. The zero-order valence-electron chi connectivity index (χ0n) is 11.0. The third kappa shape index (κ3) is 2.43. The van der Waals surface area contributed by atoms with E-state index in [0.717, 1.165) is 21.4 Å². The minimum Gasteiger partial charge on any atom is -0.478 e. The van der Waals surface area contributed by atoms with Crippen LogP contribution in [0.1, 0.15) is 10.4 Å². The summed E-state index contributed by atoms with van der Waals surface area (Å²) in [6.45, 7) is 0. The van der Waals surface area contributed by atoms with Crippen molar-refractivity contribution in [2.24, 2.45) is 7.05 Å². The Morgan fingerprint density at radius 2 is 2.05 bits per heavy atom. The Bertz CT molecular complexity index is 873. The Hall–Kier alpha value is -1.85. The molecule has 0 radical (unpaired) electrons. The Kier molecular flexibility index (Phi) is 3.47. The average molecular weight is 366 g/mol. The van der Waals surface area contributed by atoms with Crippen LogP contribution in [0.2, 0.25) is 5.02 Å².